The number of aryl methyl sites for hydroxylation is 1. The summed E-state index contributed by atoms with van der Waals surface area (Å²) in [4.78, 5) is 0. The van der Waals surface area contributed by atoms with Gasteiger partial charge < -0.3 is 9.84 Å². The first-order valence-electron chi connectivity index (χ1n) is 6.26. The lowest BCUT2D eigenvalue weighted by molar-refractivity contribution is 0.444. The smallest absolute Gasteiger partial charge is 0.137 e. The molecule has 0 atom stereocenters. The highest BCUT2D eigenvalue weighted by Gasteiger charge is 2.11. The monoisotopic (exact) mass is 242 g/mol. The summed E-state index contributed by atoms with van der Waals surface area (Å²) in [5.74, 6) is 1.85. The Kier molecular flexibility index (Phi) is 3.88. The minimum Gasteiger partial charge on any atom is -0.508 e. The van der Waals surface area contributed by atoms with Gasteiger partial charge in [0, 0.05) is 5.56 Å². The zero-order valence-electron chi connectivity index (χ0n) is 10.8. The van der Waals surface area contributed by atoms with Crippen LogP contribution in [0.3, 0.4) is 0 Å². The molecule has 0 amide bonds. The van der Waals surface area contributed by atoms with Crippen molar-refractivity contribution in [1.82, 2.24) is 0 Å². The number of hydrogen-bond acceptors (Lipinski definition) is 2. The summed E-state index contributed by atoms with van der Waals surface area (Å²) in [5.41, 5.74) is 1.93. The van der Waals surface area contributed by atoms with Gasteiger partial charge in [0.1, 0.15) is 17.2 Å². The molecule has 0 heterocycles. The van der Waals surface area contributed by atoms with Gasteiger partial charge in [0.2, 0.25) is 0 Å². The van der Waals surface area contributed by atoms with Crippen LogP contribution in [0.4, 0.5) is 0 Å². The molecule has 0 aliphatic heterocycles. The molecular weight excluding hydrogens is 224 g/mol. The quantitative estimate of drug-likeness (QED) is 0.858. The molecule has 0 saturated heterocycles. The van der Waals surface area contributed by atoms with Crippen molar-refractivity contribution in [3.05, 3.63) is 53.6 Å². The minimum atomic E-state index is 0.279. The maximum Gasteiger partial charge on any atom is 0.137 e. The molecule has 0 fully saturated rings. The molecule has 0 aliphatic carbocycles. The van der Waals surface area contributed by atoms with Gasteiger partial charge in [0.25, 0.3) is 0 Å². The Labute approximate surface area is 108 Å². The normalized spacial score (nSPS) is 10.3. The summed E-state index contributed by atoms with van der Waals surface area (Å²) in [6, 6.07) is 13.3. The van der Waals surface area contributed by atoms with E-state index in [9.17, 15) is 5.11 Å². The second kappa shape index (κ2) is 5.58. The molecule has 0 unspecified atom stereocenters. The van der Waals surface area contributed by atoms with E-state index in [4.69, 9.17) is 4.74 Å². The molecule has 94 valence electrons. The maximum atomic E-state index is 9.79. The van der Waals surface area contributed by atoms with E-state index in [0.717, 1.165) is 35.5 Å². The van der Waals surface area contributed by atoms with Crippen molar-refractivity contribution >= 4 is 0 Å². The Morgan fingerprint density at radius 2 is 1.78 bits per heavy atom. The first-order valence-corrected chi connectivity index (χ1v) is 6.26. The first kappa shape index (κ1) is 12.5. The van der Waals surface area contributed by atoms with Gasteiger partial charge in [-0.25, -0.2) is 0 Å². The number of ether oxygens (including phenoxy) is 1. The van der Waals surface area contributed by atoms with Gasteiger partial charge >= 0.3 is 0 Å². The first-order chi connectivity index (χ1) is 8.72. The van der Waals surface area contributed by atoms with E-state index < -0.39 is 0 Å². The fraction of sp³-hybridized carbons (Fsp3) is 0.250. The van der Waals surface area contributed by atoms with Crippen LogP contribution in [0.15, 0.2) is 42.5 Å². The average molecular weight is 242 g/mol. The number of benzene rings is 2. The van der Waals surface area contributed by atoms with Crippen LogP contribution in [0.5, 0.6) is 17.2 Å². The number of phenols is 1. The van der Waals surface area contributed by atoms with E-state index in [1.807, 2.05) is 43.3 Å². The summed E-state index contributed by atoms with van der Waals surface area (Å²) in [6.45, 7) is 4.02. The molecule has 2 aromatic carbocycles. The van der Waals surface area contributed by atoms with Gasteiger partial charge in [-0.2, -0.15) is 0 Å². The van der Waals surface area contributed by atoms with E-state index in [1.165, 1.54) is 0 Å². The average Bonchev–Trinajstić information content (AvgIpc) is 2.40. The molecule has 2 rings (SSSR count). The third kappa shape index (κ3) is 2.65. The van der Waals surface area contributed by atoms with Gasteiger partial charge in [-0.15, -0.1) is 0 Å². The van der Waals surface area contributed by atoms with Crippen LogP contribution in [-0.2, 0) is 6.42 Å². The molecule has 1 N–H and O–H groups in total. The van der Waals surface area contributed by atoms with E-state index in [1.54, 1.807) is 6.07 Å². The van der Waals surface area contributed by atoms with Crippen molar-refractivity contribution in [2.45, 2.75) is 26.7 Å². The second-order valence-corrected chi connectivity index (χ2v) is 4.36. The summed E-state index contributed by atoms with van der Waals surface area (Å²) >= 11 is 0. The van der Waals surface area contributed by atoms with E-state index >= 15 is 0 Å². The summed E-state index contributed by atoms with van der Waals surface area (Å²) in [5, 5.41) is 9.79. The molecule has 0 aliphatic rings. The Hall–Kier alpha value is -1.96. The van der Waals surface area contributed by atoms with E-state index in [-0.39, 0.29) is 5.75 Å². The van der Waals surface area contributed by atoms with Gasteiger partial charge in [-0.05, 0) is 37.1 Å². The highest BCUT2D eigenvalue weighted by atomic mass is 16.5. The zero-order valence-corrected chi connectivity index (χ0v) is 10.8. The van der Waals surface area contributed by atoms with Crippen LogP contribution in [0.2, 0.25) is 0 Å². The molecular formula is C16H18O2. The van der Waals surface area contributed by atoms with Crippen molar-refractivity contribution in [2.75, 3.05) is 0 Å². The van der Waals surface area contributed by atoms with Crippen molar-refractivity contribution in [1.29, 1.82) is 0 Å². The Morgan fingerprint density at radius 3 is 2.44 bits per heavy atom. The topological polar surface area (TPSA) is 29.5 Å². The van der Waals surface area contributed by atoms with Gasteiger partial charge in [0.15, 0.2) is 0 Å². The minimum absolute atomic E-state index is 0.279. The predicted molar refractivity (Wildman–Crippen MR) is 73.4 cm³/mol. The van der Waals surface area contributed by atoms with Crippen LogP contribution >= 0.6 is 0 Å². The van der Waals surface area contributed by atoms with Crippen LogP contribution in [-0.4, -0.2) is 5.11 Å². The largest absolute Gasteiger partial charge is 0.508 e. The standard InChI is InChI=1S/C16H18O2/c1-3-7-13-10-11-15(17)12(2)16(13)18-14-8-5-4-6-9-14/h4-6,8-11,17H,3,7H2,1-2H3. The van der Waals surface area contributed by atoms with E-state index in [0.29, 0.717) is 0 Å². The zero-order chi connectivity index (χ0) is 13.0. The highest BCUT2D eigenvalue weighted by molar-refractivity contribution is 5.50. The number of phenolic OH excluding ortho intramolecular Hbond substituents is 1. The molecule has 18 heavy (non-hydrogen) atoms. The van der Waals surface area contributed by atoms with Crippen molar-refractivity contribution in [3.63, 3.8) is 0 Å². The molecule has 0 bridgehead atoms. The Morgan fingerprint density at radius 1 is 1.06 bits per heavy atom. The molecule has 0 aromatic heterocycles. The number of para-hydroxylation sites is 1. The molecule has 0 spiro atoms. The number of rotatable bonds is 4. The predicted octanol–water partition coefficient (Wildman–Crippen LogP) is 4.45. The van der Waals surface area contributed by atoms with Crippen LogP contribution in [0.25, 0.3) is 0 Å². The second-order valence-electron chi connectivity index (χ2n) is 4.36. The van der Waals surface area contributed by atoms with E-state index in [2.05, 4.69) is 6.92 Å². The van der Waals surface area contributed by atoms with Gasteiger partial charge in [-0.1, -0.05) is 37.6 Å². The molecule has 0 saturated carbocycles. The van der Waals surface area contributed by atoms with Crippen LogP contribution < -0.4 is 4.74 Å². The van der Waals surface area contributed by atoms with Crippen molar-refractivity contribution < 1.29 is 9.84 Å². The lowest BCUT2D eigenvalue weighted by Gasteiger charge is -2.14. The van der Waals surface area contributed by atoms with Gasteiger partial charge in [0.05, 0.1) is 0 Å². The lowest BCUT2D eigenvalue weighted by atomic mass is 10.0. The maximum absolute atomic E-state index is 9.79. The Bertz CT molecular complexity index is 518. The number of hydrogen-bond donors (Lipinski definition) is 1. The summed E-state index contributed by atoms with van der Waals surface area (Å²) in [7, 11) is 0. The molecule has 2 aromatic rings. The highest BCUT2D eigenvalue weighted by Crippen LogP contribution is 2.34. The Balaban J connectivity index is 2.38. The van der Waals surface area contributed by atoms with Crippen molar-refractivity contribution in [3.8, 4) is 17.2 Å². The fourth-order valence-electron chi connectivity index (χ4n) is 1.95. The molecule has 2 nitrogen and oxygen atoms in total. The van der Waals surface area contributed by atoms with Crippen LogP contribution in [0.1, 0.15) is 24.5 Å². The molecule has 2 heteroatoms. The number of aromatic hydroxyl groups is 1. The summed E-state index contributed by atoms with van der Waals surface area (Å²) < 4.78 is 5.91. The lowest BCUT2D eigenvalue weighted by Crippen LogP contribution is -1.95. The summed E-state index contributed by atoms with van der Waals surface area (Å²) in [6.07, 6.45) is 2.00. The van der Waals surface area contributed by atoms with Gasteiger partial charge in [-0.3, -0.25) is 0 Å². The fourth-order valence-corrected chi connectivity index (χ4v) is 1.95. The molecule has 0 radical (unpaired) electrons. The van der Waals surface area contributed by atoms with Crippen molar-refractivity contribution in [2.24, 2.45) is 0 Å². The third-order valence-corrected chi connectivity index (χ3v) is 2.94. The third-order valence-electron chi connectivity index (χ3n) is 2.94. The van der Waals surface area contributed by atoms with Crippen LogP contribution in [0, 0.1) is 6.92 Å². The SMILES string of the molecule is CCCc1ccc(O)c(C)c1Oc1ccccc1.